The molecular formula is C24H24N4O4. The lowest BCUT2D eigenvalue weighted by Gasteiger charge is -2.15. The summed E-state index contributed by atoms with van der Waals surface area (Å²) in [6.07, 6.45) is 1.41. The largest absolute Gasteiger partial charge is 0.464 e. The third-order valence-corrected chi connectivity index (χ3v) is 5.34. The molecule has 2 aromatic carbocycles. The predicted octanol–water partition coefficient (Wildman–Crippen LogP) is 2.83. The molecule has 0 aliphatic rings. The van der Waals surface area contributed by atoms with Gasteiger partial charge >= 0.3 is 11.7 Å². The van der Waals surface area contributed by atoms with E-state index in [4.69, 9.17) is 4.74 Å². The molecule has 4 rings (SSSR count). The van der Waals surface area contributed by atoms with Crippen molar-refractivity contribution in [3.63, 3.8) is 0 Å². The van der Waals surface area contributed by atoms with Crippen LogP contribution < -0.4 is 11.2 Å². The highest BCUT2D eigenvalue weighted by Gasteiger charge is 2.24. The molecule has 8 heteroatoms. The molecule has 0 amide bonds. The van der Waals surface area contributed by atoms with Crippen molar-refractivity contribution < 1.29 is 9.53 Å². The minimum absolute atomic E-state index is 0.0965. The van der Waals surface area contributed by atoms with Gasteiger partial charge < -0.3 is 9.30 Å². The van der Waals surface area contributed by atoms with Crippen molar-refractivity contribution in [2.75, 3.05) is 6.61 Å². The quantitative estimate of drug-likeness (QED) is 0.437. The van der Waals surface area contributed by atoms with Crippen molar-refractivity contribution in [3.05, 3.63) is 92.9 Å². The van der Waals surface area contributed by atoms with E-state index in [1.807, 2.05) is 55.5 Å². The summed E-state index contributed by atoms with van der Waals surface area (Å²) in [5, 5.41) is 0. The first-order chi connectivity index (χ1) is 15.4. The first-order valence-electron chi connectivity index (χ1n) is 10.4. The van der Waals surface area contributed by atoms with Crippen LogP contribution in [0.2, 0.25) is 0 Å². The average molecular weight is 432 g/mol. The van der Waals surface area contributed by atoms with Crippen molar-refractivity contribution in [1.82, 2.24) is 18.7 Å². The van der Waals surface area contributed by atoms with Crippen molar-refractivity contribution in [2.45, 2.75) is 33.4 Å². The van der Waals surface area contributed by atoms with E-state index < -0.39 is 23.3 Å². The summed E-state index contributed by atoms with van der Waals surface area (Å²) in [7, 11) is 0. The van der Waals surface area contributed by atoms with Gasteiger partial charge in [-0.15, -0.1) is 0 Å². The zero-order chi connectivity index (χ0) is 22.8. The van der Waals surface area contributed by atoms with Crippen LogP contribution in [-0.4, -0.2) is 31.3 Å². The van der Waals surface area contributed by atoms with Crippen LogP contribution in [0, 0.1) is 6.92 Å². The van der Waals surface area contributed by atoms with E-state index in [-0.39, 0.29) is 24.3 Å². The summed E-state index contributed by atoms with van der Waals surface area (Å²) in [6, 6.07) is 15.9. The van der Waals surface area contributed by atoms with E-state index in [0.717, 1.165) is 11.1 Å². The highest BCUT2D eigenvalue weighted by Crippen LogP contribution is 2.18. The fourth-order valence-electron chi connectivity index (χ4n) is 3.72. The topological polar surface area (TPSA) is 88.1 Å². The minimum Gasteiger partial charge on any atom is -0.464 e. The molecule has 0 fully saturated rings. The van der Waals surface area contributed by atoms with E-state index in [2.05, 4.69) is 4.98 Å². The smallest absolute Gasteiger partial charge is 0.337 e. The van der Waals surface area contributed by atoms with Crippen molar-refractivity contribution >= 4 is 17.1 Å². The molecule has 4 aromatic rings. The number of carbonyl (C=O) groups is 1. The van der Waals surface area contributed by atoms with E-state index in [1.54, 1.807) is 19.9 Å². The summed E-state index contributed by atoms with van der Waals surface area (Å²) in [5.74, 6) is -0.478. The highest BCUT2D eigenvalue weighted by molar-refractivity contribution is 5.79. The summed E-state index contributed by atoms with van der Waals surface area (Å²) >= 11 is 0. The Kier molecular flexibility index (Phi) is 5.77. The second kappa shape index (κ2) is 8.66. The average Bonchev–Trinajstić information content (AvgIpc) is 3.22. The van der Waals surface area contributed by atoms with Gasteiger partial charge in [0.25, 0.3) is 5.56 Å². The number of esters is 1. The maximum atomic E-state index is 13.5. The van der Waals surface area contributed by atoms with Crippen molar-refractivity contribution in [2.24, 2.45) is 0 Å². The molecule has 1 atom stereocenters. The molecule has 0 aliphatic heterocycles. The van der Waals surface area contributed by atoms with Gasteiger partial charge in [-0.1, -0.05) is 42.5 Å². The van der Waals surface area contributed by atoms with Crippen LogP contribution in [0.15, 0.2) is 70.5 Å². The Morgan fingerprint density at radius 1 is 1.09 bits per heavy atom. The molecule has 0 saturated carbocycles. The molecule has 32 heavy (non-hydrogen) atoms. The summed E-state index contributed by atoms with van der Waals surface area (Å²) in [5.41, 5.74) is 1.73. The molecule has 2 aromatic heterocycles. The zero-order valence-corrected chi connectivity index (χ0v) is 18.2. The maximum absolute atomic E-state index is 13.5. The number of fused-ring (bicyclic) bond motifs is 1. The lowest BCUT2D eigenvalue weighted by Crippen LogP contribution is -2.40. The number of carbonyl (C=O) groups excluding carboxylic acids is 1. The van der Waals surface area contributed by atoms with Gasteiger partial charge in [0.15, 0.2) is 11.2 Å². The van der Waals surface area contributed by atoms with Crippen LogP contribution in [0.3, 0.4) is 0 Å². The number of imidazole rings is 1. The molecule has 1 unspecified atom stereocenters. The number of nitrogens with zero attached hydrogens (tertiary/aromatic N) is 4. The SMILES string of the molecule is CCOC(=O)C(C)n1cnc2c1c(=O)n(Cc1ccccc1)c(=O)n2-c1cccc(C)c1. The number of aromatic nitrogens is 4. The maximum Gasteiger partial charge on any atom is 0.337 e. The molecule has 2 heterocycles. The fraction of sp³-hybridized carbons (Fsp3) is 0.250. The Morgan fingerprint density at radius 2 is 1.84 bits per heavy atom. The van der Waals surface area contributed by atoms with Gasteiger partial charge in [-0.05, 0) is 44.0 Å². The van der Waals surface area contributed by atoms with E-state index >= 15 is 0 Å². The van der Waals surface area contributed by atoms with Crippen molar-refractivity contribution in [1.29, 1.82) is 0 Å². The van der Waals surface area contributed by atoms with Gasteiger partial charge in [-0.2, -0.15) is 0 Å². The molecule has 164 valence electrons. The molecule has 0 bridgehead atoms. The number of hydrogen-bond donors (Lipinski definition) is 0. The second-order valence-electron chi connectivity index (χ2n) is 7.59. The number of rotatable bonds is 6. The third kappa shape index (κ3) is 3.75. The summed E-state index contributed by atoms with van der Waals surface area (Å²) < 4.78 is 9.20. The minimum atomic E-state index is -0.777. The van der Waals surface area contributed by atoms with Crippen LogP contribution in [0.5, 0.6) is 0 Å². The van der Waals surface area contributed by atoms with Gasteiger partial charge in [-0.3, -0.25) is 9.36 Å². The summed E-state index contributed by atoms with van der Waals surface area (Å²) in [6.45, 7) is 5.61. The lowest BCUT2D eigenvalue weighted by molar-refractivity contribution is -0.146. The van der Waals surface area contributed by atoms with Crippen molar-refractivity contribution in [3.8, 4) is 5.69 Å². The number of benzene rings is 2. The molecular weight excluding hydrogens is 408 g/mol. The molecule has 8 nitrogen and oxygen atoms in total. The van der Waals surface area contributed by atoms with Gasteiger partial charge in [0.05, 0.1) is 25.2 Å². The Labute approximate surface area is 184 Å². The molecule has 0 radical (unpaired) electrons. The highest BCUT2D eigenvalue weighted by atomic mass is 16.5. The first-order valence-corrected chi connectivity index (χ1v) is 10.4. The Morgan fingerprint density at radius 3 is 2.53 bits per heavy atom. The Bertz CT molecular complexity index is 1400. The van der Waals surface area contributed by atoms with Crippen LogP contribution in [0.4, 0.5) is 0 Å². The lowest BCUT2D eigenvalue weighted by atomic mass is 10.2. The number of hydrogen-bond acceptors (Lipinski definition) is 5. The number of ether oxygens (including phenoxy) is 1. The van der Waals surface area contributed by atoms with Crippen LogP contribution in [0.1, 0.15) is 31.0 Å². The van der Waals surface area contributed by atoms with Gasteiger partial charge in [0, 0.05) is 0 Å². The van der Waals surface area contributed by atoms with E-state index in [0.29, 0.717) is 5.69 Å². The second-order valence-corrected chi connectivity index (χ2v) is 7.59. The van der Waals surface area contributed by atoms with Crippen LogP contribution >= 0.6 is 0 Å². The number of aryl methyl sites for hydroxylation is 1. The van der Waals surface area contributed by atoms with E-state index in [1.165, 1.54) is 20.0 Å². The monoisotopic (exact) mass is 432 g/mol. The molecule has 0 spiro atoms. The zero-order valence-electron chi connectivity index (χ0n) is 18.2. The molecule has 0 saturated heterocycles. The van der Waals surface area contributed by atoms with Gasteiger partial charge in [-0.25, -0.2) is 19.1 Å². The predicted molar refractivity (Wildman–Crippen MR) is 121 cm³/mol. The van der Waals surface area contributed by atoms with E-state index in [9.17, 15) is 14.4 Å². The Balaban J connectivity index is 2.02. The van der Waals surface area contributed by atoms with Gasteiger partial charge in [0.2, 0.25) is 0 Å². The van der Waals surface area contributed by atoms with Gasteiger partial charge in [0.1, 0.15) is 6.04 Å². The third-order valence-electron chi connectivity index (χ3n) is 5.34. The molecule has 0 N–H and O–H groups in total. The Hall–Kier alpha value is -3.94. The molecule has 0 aliphatic carbocycles. The van der Waals surface area contributed by atoms with Crippen LogP contribution in [-0.2, 0) is 16.1 Å². The normalized spacial score (nSPS) is 12.1. The summed E-state index contributed by atoms with van der Waals surface area (Å²) in [4.78, 5) is 43.8. The standard InChI is InChI=1S/C24H24N4O4/c1-4-32-23(30)17(3)27-15-25-21-20(27)22(29)26(14-18-10-6-5-7-11-18)24(31)28(21)19-12-8-9-16(2)13-19/h5-13,15,17H,4,14H2,1-3H3. The van der Waals surface area contributed by atoms with Crippen LogP contribution in [0.25, 0.3) is 16.9 Å². The fourth-order valence-corrected chi connectivity index (χ4v) is 3.72. The first kappa shape index (κ1) is 21.3.